The lowest BCUT2D eigenvalue weighted by Gasteiger charge is -2.07. The molecule has 0 fully saturated rings. The van der Waals surface area contributed by atoms with Gasteiger partial charge in [0.2, 0.25) is 0 Å². The lowest BCUT2D eigenvalue weighted by atomic mass is 10.1. The Morgan fingerprint density at radius 3 is 2.53 bits per heavy atom. The minimum absolute atomic E-state index is 0.188. The summed E-state index contributed by atoms with van der Waals surface area (Å²) in [7, 11) is 0. The zero-order valence-electron chi connectivity index (χ0n) is 9.23. The van der Waals surface area contributed by atoms with Crippen LogP contribution in [0.5, 0.6) is 0 Å². The Labute approximate surface area is 114 Å². The normalized spacial score (nSPS) is 10.2. The maximum Gasteiger partial charge on any atom is 0.0581 e. The number of aromatic nitrogens is 1. The average Bonchev–Trinajstić information content (AvgIpc) is 2.32. The SMILES string of the molecule is OCCc1ccc(Nc2cncc(I)c2)cc1. The van der Waals surface area contributed by atoms with Crippen LogP contribution in [-0.4, -0.2) is 16.7 Å². The smallest absolute Gasteiger partial charge is 0.0581 e. The largest absolute Gasteiger partial charge is 0.396 e. The number of benzene rings is 1. The van der Waals surface area contributed by atoms with Gasteiger partial charge in [0.05, 0.1) is 11.9 Å². The van der Waals surface area contributed by atoms with Gasteiger partial charge in [-0.2, -0.15) is 0 Å². The van der Waals surface area contributed by atoms with Gasteiger partial charge in [0.1, 0.15) is 0 Å². The van der Waals surface area contributed by atoms with Crippen molar-refractivity contribution in [3.8, 4) is 0 Å². The number of anilines is 2. The predicted octanol–water partition coefficient (Wildman–Crippen LogP) is 2.96. The van der Waals surface area contributed by atoms with E-state index in [2.05, 4.69) is 32.9 Å². The van der Waals surface area contributed by atoms with Crippen molar-refractivity contribution in [3.63, 3.8) is 0 Å². The summed E-state index contributed by atoms with van der Waals surface area (Å²) in [6, 6.07) is 10.1. The molecular formula is C13H13IN2O. The molecule has 0 saturated carbocycles. The van der Waals surface area contributed by atoms with Crippen molar-refractivity contribution < 1.29 is 5.11 Å². The average molecular weight is 340 g/mol. The molecule has 0 bridgehead atoms. The second-order valence-corrected chi connectivity index (χ2v) is 4.93. The monoisotopic (exact) mass is 340 g/mol. The van der Waals surface area contributed by atoms with Gasteiger partial charge in [0, 0.05) is 22.1 Å². The zero-order chi connectivity index (χ0) is 12.1. The topological polar surface area (TPSA) is 45.1 Å². The highest BCUT2D eigenvalue weighted by Crippen LogP contribution is 2.18. The molecule has 4 heteroatoms. The lowest BCUT2D eigenvalue weighted by molar-refractivity contribution is 0.299. The third kappa shape index (κ3) is 3.67. The number of hydrogen-bond donors (Lipinski definition) is 2. The molecule has 0 aliphatic heterocycles. The van der Waals surface area contributed by atoms with Gasteiger partial charge in [-0.25, -0.2) is 0 Å². The fourth-order valence-electron chi connectivity index (χ4n) is 1.53. The van der Waals surface area contributed by atoms with Crippen LogP contribution in [0.1, 0.15) is 5.56 Å². The molecule has 0 aliphatic carbocycles. The van der Waals surface area contributed by atoms with E-state index in [4.69, 9.17) is 5.11 Å². The Morgan fingerprint density at radius 2 is 1.88 bits per heavy atom. The van der Waals surface area contributed by atoms with E-state index >= 15 is 0 Å². The minimum Gasteiger partial charge on any atom is -0.396 e. The minimum atomic E-state index is 0.188. The van der Waals surface area contributed by atoms with Crippen molar-refractivity contribution in [2.24, 2.45) is 0 Å². The van der Waals surface area contributed by atoms with Crippen molar-refractivity contribution in [3.05, 3.63) is 51.9 Å². The van der Waals surface area contributed by atoms with Crippen molar-refractivity contribution in [2.45, 2.75) is 6.42 Å². The van der Waals surface area contributed by atoms with Crippen LogP contribution in [-0.2, 0) is 6.42 Å². The van der Waals surface area contributed by atoms with Gasteiger partial charge in [-0.15, -0.1) is 0 Å². The highest BCUT2D eigenvalue weighted by molar-refractivity contribution is 14.1. The molecule has 1 aromatic carbocycles. The van der Waals surface area contributed by atoms with Gasteiger partial charge in [0.25, 0.3) is 0 Å². The summed E-state index contributed by atoms with van der Waals surface area (Å²) in [6.45, 7) is 0.188. The molecule has 1 heterocycles. The van der Waals surface area contributed by atoms with E-state index in [0.29, 0.717) is 6.42 Å². The van der Waals surface area contributed by atoms with Crippen LogP contribution >= 0.6 is 22.6 Å². The summed E-state index contributed by atoms with van der Waals surface area (Å²) >= 11 is 2.23. The highest BCUT2D eigenvalue weighted by atomic mass is 127. The molecule has 0 radical (unpaired) electrons. The number of rotatable bonds is 4. The summed E-state index contributed by atoms with van der Waals surface area (Å²) in [4.78, 5) is 4.12. The van der Waals surface area contributed by atoms with Crippen molar-refractivity contribution in [1.29, 1.82) is 0 Å². The quantitative estimate of drug-likeness (QED) is 0.842. The molecule has 0 amide bonds. The second kappa shape index (κ2) is 5.97. The van der Waals surface area contributed by atoms with E-state index < -0.39 is 0 Å². The van der Waals surface area contributed by atoms with Gasteiger partial charge in [-0.05, 0) is 52.8 Å². The Bertz CT molecular complexity index is 485. The Hall–Kier alpha value is -1.14. The molecule has 0 saturated heterocycles. The van der Waals surface area contributed by atoms with E-state index in [9.17, 15) is 0 Å². The molecular weight excluding hydrogens is 327 g/mol. The van der Waals surface area contributed by atoms with E-state index in [1.165, 1.54) is 0 Å². The number of nitrogens with zero attached hydrogens (tertiary/aromatic N) is 1. The van der Waals surface area contributed by atoms with Crippen molar-refractivity contribution in [2.75, 3.05) is 11.9 Å². The van der Waals surface area contributed by atoms with Crippen LogP contribution in [0.25, 0.3) is 0 Å². The van der Waals surface area contributed by atoms with Gasteiger partial charge in [-0.3, -0.25) is 4.98 Å². The van der Waals surface area contributed by atoms with Gasteiger partial charge >= 0.3 is 0 Å². The third-order valence-electron chi connectivity index (χ3n) is 2.35. The number of nitrogens with one attached hydrogen (secondary N) is 1. The Balaban J connectivity index is 2.08. The fourth-order valence-corrected chi connectivity index (χ4v) is 2.03. The Morgan fingerprint density at radius 1 is 1.12 bits per heavy atom. The highest BCUT2D eigenvalue weighted by Gasteiger charge is 1.97. The first-order chi connectivity index (χ1) is 8.28. The van der Waals surface area contributed by atoms with Crippen LogP contribution in [0.2, 0.25) is 0 Å². The molecule has 0 spiro atoms. The standard InChI is InChI=1S/C13H13IN2O/c14-11-7-13(9-15-8-11)16-12-3-1-10(2-4-12)5-6-17/h1-4,7-9,16-17H,5-6H2. The van der Waals surface area contributed by atoms with E-state index in [-0.39, 0.29) is 6.61 Å². The molecule has 3 nitrogen and oxygen atoms in total. The predicted molar refractivity (Wildman–Crippen MR) is 77.5 cm³/mol. The first kappa shape index (κ1) is 12.3. The van der Waals surface area contributed by atoms with Gasteiger partial charge < -0.3 is 10.4 Å². The Kier molecular flexibility index (Phi) is 4.33. The number of pyridine rings is 1. The van der Waals surface area contributed by atoms with Crippen LogP contribution in [0.4, 0.5) is 11.4 Å². The number of hydrogen-bond acceptors (Lipinski definition) is 3. The van der Waals surface area contributed by atoms with Crippen LogP contribution in [0, 0.1) is 3.57 Å². The molecule has 0 atom stereocenters. The van der Waals surface area contributed by atoms with E-state index in [1.807, 2.05) is 36.5 Å². The van der Waals surface area contributed by atoms with E-state index in [1.54, 1.807) is 6.20 Å². The van der Waals surface area contributed by atoms with Gasteiger partial charge in [0.15, 0.2) is 0 Å². The van der Waals surface area contributed by atoms with Crippen LogP contribution in [0.3, 0.4) is 0 Å². The molecule has 0 unspecified atom stereocenters. The van der Waals surface area contributed by atoms with Crippen LogP contribution < -0.4 is 5.32 Å². The maximum absolute atomic E-state index is 8.83. The number of aliphatic hydroxyl groups is 1. The number of aliphatic hydroxyl groups excluding tert-OH is 1. The fraction of sp³-hybridized carbons (Fsp3) is 0.154. The van der Waals surface area contributed by atoms with Crippen molar-refractivity contribution in [1.82, 2.24) is 4.98 Å². The van der Waals surface area contributed by atoms with Gasteiger partial charge in [-0.1, -0.05) is 12.1 Å². The molecule has 88 valence electrons. The summed E-state index contributed by atoms with van der Waals surface area (Å²) in [5, 5.41) is 12.1. The number of halogens is 1. The molecule has 2 aromatic rings. The molecule has 2 N–H and O–H groups in total. The first-order valence-corrected chi connectivity index (χ1v) is 6.43. The molecule has 1 aromatic heterocycles. The molecule has 17 heavy (non-hydrogen) atoms. The summed E-state index contributed by atoms with van der Waals surface area (Å²) in [5.74, 6) is 0. The molecule has 0 aliphatic rings. The third-order valence-corrected chi connectivity index (χ3v) is 2.94. The zero-order valence-corrected chi connectivity index (χ0v) is 11.4. The first-order valence-electron chi connectivity index (χ1n) is 5.35. The summed E-state index contributed by atoms with van der Waals surface area (Å²) < 4.78 is 1.10. The van der Waals surface area contributed by atoms with Crippen LogP contribution in [0.15, 0.2) is 42.7 Å². The second-order valence-electron chi connectivity index (χ2n) is 3.69. The maximum atomic E-state index is 8.83. The van der Waals surface area contributed by atoms with E-state index in [0.717, 1.165) is 20.5 Å². The van der Waals surface area contributed by atoms with Crippen molar-refractivity contribution >= 4 is 34.0 Å². The summed E-state index contributed by atoms with van der Waals surface area (Å²) in [6.07, 6.45) is 4.31. The molecule has 2 rings (SSSR count). The lowest BCUT2D eigenvalue weighted by Crippen LogP contribution is -1.94. The summed E-state index contributed by atoms with van der Waals surface area (Å²) in [5.41, 5.74) is 3.14.